The highest BCUT2D eigenvalue weighted by Gasteiger charge is 2.30. The lowest BCUT2D eigenvalue weighted by molar-refractivity contribution is 0.0735. The van der Waals surface area contributed by atoms with Crippen LogP contribution in [-0.2, 0) is 0 Å². The summed E-state index contributed by atoms with van der Waals surface area (Å²) in [6, 6.07) is 8.55. The van der Waals surface area contributed by atoms with Gasteiger partial charge in [-0.15, -0.1) is 0 Å². The van der Waals surface area contributed by atoms with E-state index in [0.29, 0.717) is 12.1 Å². The van der Waals surface area contributed by atoms with Crippen LogP contribution >= 0.6 is 0 Å². The molecule has 0 spiro atoms. The van der Waals surface area contributed by atoms with Gasteiger partial charge in [0.15, 0.2) is 0 Å². The monoisotopic (exact) mass is 283 g/mol. The number of hydrogen-bond donors (Lipinski definition) is 2. The second kappa shape index (κ2) is 5.44. The van der Waals surface area contributed by atoms with E-state index < -0.39 is 0 Å². The maximum atomic E-state index is 12.6. The van der Waals surface area contributed by atoms with Crippen molar-refractivity contribution in [1.82, 2.24) is 9.88 Å². The summed E-state index contributed by atoms with van der Waals surface area (Å²) in [5.41, 5.74) is 7.35. The molecule has 1 atom stereocenters. The third kappa shape index (κ3) is 2.54. The summed E-state index contributed by atoms with van der Waals surface area (Å²) >= 11 is 0. The van der Waals surface area contributed by atoms with E-state index in [1.54, 1.807) is 24.5 Å². The summed E-state index contributed by atoms with van der Waals surface area (Å²) < 4.78 is 0. The molecule has 1 aromatic heterocycles. The number of nitrogen functional groups attached to an aromatic ring is 1. The predicted molar refractivity (Wildman–Crippen MR) is 79.8 cm³/mol. The van der Waals surface area contributed by atoms with Crippen LogP contribution in [0.3, 0.4) is 0 Å². The highest BCUT2D eigenvalue weighted by Crippen LogP contribution is 2.33. The molecular formula is C16H17N3O2. The van der Waals surface area contributed by atoms with Crippen LogP contribution in [0, 0.1) is 0 Å². The number of aromatic nitrogens is 1. The van der Waals surface area contributed by atoms with E-state index in [1.807, 2.05) is 17.0 Å². The molecule has 3 rings (SSSR count). The van der Waals surface area contributed by atoms with Crippen LogP contribution in [0.1, 0.15) is 34.8 Å². The molecule has 3 N–H and O–H groups in total. The lowest BCUT2D eigenvalue weighted by Crippen LogP contribution is -2.30. The van der Waals surface area contributed by atoms with E-state index in [2.05, 4.69) is 4.98 Å². The first-order valence-corrected chi connectivity index (χ1v) is 6.96. The molecule has 108 valence electrons. The van der Waals surface area contributed by atoms with Gasteiger partial charge in [-0.05, 0) is 42.7 Å². The van der Waals surface area contributed by atoms with Gasteiger partial charge in [-0.1, -0.05) is 6.07 Å². The van der Waals surface area contributed by atoms with Crippen molar-refractivity contribution in [3.05, 3.63) is 53.9 Å². The molecule has 5 nitrogen and oxygen atoms in total. The van der Waals surface area contributed by atoms with Crippen LogP contribution in [0.2, 0.25) is 0 Å². The lowest BCUT2D eigenvalue weighted by Gasteiger charge is -2.25. The highest BCUT2D eigenvalue weighted by molar-refractivity contribution is 5.95. The zero-order valence-electron chi connectivity index (χ0n) is 11.6. The maximum absolute atomic E-state index is 12.6. The summed E-state index contributed by atoms with van der Waals surface area (Å²) in [7, 11) is 0. The topological polar surface area (TPSA) is 79.5 Å². The number of likely N-dealkylation sites (tertiary alicyclic amines) is 1. The summed E-state index contributed by atoms with van der Waals surface area (Å²) in [5.74, 6) is -0.144. The maximum Gasteiger partial charge on any atom is 0.254 e. The summed E-state index contributed by atoms with van der Waals surface area (Å²) in [6.45, 7) is 0.712. The van der Waals surface area contributed by atoms with E-state index >= 15 is 0 Å². The number of aromatic hydroxyl groups is 1. The van der Waals surface area contributed by atoms with Gasteiger partial charge in [0.1, 0.15) is 5.75 Å². The Labute approximate surface area is 123 Å². The van der Waals surface area contributed by atoms with E-state index in [-0.39, 0.29) is 23.4 Å². The number of amides is 1. The molecule has 2 aromatic rings. The van der Waals surface area contributed by atoms with Gasteiger partial charge < -0.3 is 15.7 Å². The molecule has 1 fully saturated rings. The SMILES string of the molecule is Nc1ccc(C(=O)N2CCCC2c2cccnc2)cc1O. The molecule has 0 bridgehead atoms. The third-order valence-electron chi connectivity index (χ3n) is 3.86. The van der Waals surface area contributed by atoms with E-state index in [9.17, 15) is 9.90 Å². The normalized spacial score (nSPS) is 17.9. The number of phenols is 1. The number of phenolic OH excluding ortho intramolecular Hbond substituents is 1. The average molecular weight is 283 g/mol. The smallest absolute Gasteiger partial charge is 0.254 e. The second-order valence-corrected chi connectivity index (χ2v) is 5.22. The van der Waals surface area contributed by atoms with Crippen LogP contribution in [0.15, 0.2) is 42.7 Å². The Bertz CT molecular complexity index is 658. The van der Waals surface area contributed by atoms with Crippen LogP contribution < -0.4 is 5.73 Å². The van der Waals surface area contributed by atoms with Gasteiger partial charge in [-0.25, -0.2) is 0 Å². The molecule has 1 saturated heterocycles. The molecule has 1 aromatic carbocycles. The first-order chi connectivity index (χ1) is 10.2. The lowest BCUT2D eigenvalue weighted by atomic mass is 10.1. The zero-order valence-corrected chi connectivity index (χ0v) is 11.6. The predicted octanol–water partition coefficient (Wildman–Crippen LogP) is 2.35. The molecule has 0 aliphatic carbocycles. The first kappa shape index (κ1) is 13.4. The number of nitrogens with two attached hydrogens (primary N) is 1. The Morgan fingerprint density at radius 2 is 2.24 bits per heavy atom. The molecule has 1 unspecified atom stereocenters. The molecule has 5 heteroatoms. The van der Waals surface area contributed by atoms with Gasteiger partial charge in [0.05, 0.1) is 11.7 Å². The third-order valence-corrected chi connectivity index (χ3v) is 3.86. The fourth-order valence-electron chi connectivity index (χ4n) is 2.77. The molecule has 0 saturated carbocycles. The minimum Gasteiger partial charge on any atom is -0.506 e. The number of anilines is 1. The number of pyridine rings is 1. The van der Waals surface area contributed by atoms with Gasteiger partial charge in [0.2, 0.25) is 0 Å². The zero-order chi connectivity index (χ0) is 14.8. The minimum absolute atomic E-state index is 0.0471. The molecule has 0 radical (unpaired) electrons. The molecular weight excluding hydrogens is 266 g/mol. The molecule has 2 heterocycles. The Morgan fingerprint density at radius 3 is 2.95 bits per heavy atom. The highest BCUT2D eigenvalue weighted by atomic mass is 16.3. The van der Waals surface area contributed by atoms with Gasteiger partial charge in [-0.2, -0.15) is 0 Å². The second-order valence-electron chi connectivity index (χ2n) is 5.22. The molecule has 21 heavy (non-hydrogen) atoms. The van der Waals surface area contributed by atoms with Crippen LogP contribution in [-0.4, -0.2) is 27.4 Å². The summed E-state index contributed by atoms with van der Waals surface area (Å²) in [6.07, 6.45) is 5.42. The Balaban J connectivity index is 1.88. The van der Waals surface area contributed by atoms with Crippen molar-refractivity contribution in [1.29, 1.82) is 0 Å². The average Bonchev–Trinajstić information content (AvgIpc) is 2.99. The van der Waals surface area contributed by atoms with Crippen molar-refractivity contribution >= 4 is 11.6 Å². The number of rotatable bonds is 2. The summed E-state index contributed by atoms with van der Waals surface area (Å²) in [4.78, 5) is 18.6. The van der Waals surface area contributed by atoms with Crippen molar-refractivity contribution in [2.24, 2.45) is 0 Å². The van der Waals surface area contributed by atoms with Crippen LogP contribution in [0.25, 0.3) is 0 Å². The Kier molecular flexibility index (Phi) is 3.48. The molecule has 1 aliphatic heterocycles. The minimum atomic E-state index is -0.0864. The van der Waals surface area contributed by atoms with Gasteiger partial charge in [-0.3, -0.25) is 9.78 Å². The number of hydrogen-bond acceptors (Lipinski definition) is 4. The van der Waals surface area contributed by atoms with Gasteiger partial charge in [0.25, 0.3) is 5.91 Å². The first-order valence-electron chi connectivity index (χ1n) is 6.96. The van der Waals surface area contributed by atoms with Gasteiger partial charge >= 0.3 is 0 Å². The largest absolute Gasteiger partial charge is 0.506 e. The van der Waals surface area contributed by atoms with Crippen molar-refractivity contribution in [3.8, 4) is 5.75 Å². The van der Waals surface area contributed by atoms with E-state index in [4.69, 9.17) is 5.73 Å². The fourth-order valence-corrected chi connectivity index (χ4v) is 2.77. The van der Waals surface area contributed by atoms with Crippen molar-refractivity contribution in [2.75, 3.05) is 12.3 Å². The molecule has 1 amide bonds. The quantitative estimate of drug-likeness (QED) is 0.655. The fraction of sp³-hybridized carbons (Fsp3) is 0.250. The van der Waals surface area contributed by atoms with Gasteiger partial charge in [0, 0.05) is 24.5 Å². The molecule has 1 aliphatic rings. The van der Waals surface area contributed by atoms with Crippen LogP contribution in [0.5, 0.6) is 5.75 Å². The van der Waals surface area contributed by atoms with E-state index in [0.717, 1.165) is 18.4 Å². The standard InChI is InChI=1S/C16H17N3O2/c17-13-6-5-11(9-15(13)20)16(21)19-8-2-4-14(19)12-3-1-7-18-10-12/h1,3,5-7,9-10,14,20H,2,4,8,17H2. The van der Waals surface area contributed by atoms with Crippen molar-refractivity contribution in [3.63, 3.8) is 0 Å². The van der Waals surface area contributed by atoms with Crippen LogP contribution in [0.4, 0.5) is 5.69 Å². The number of benzene rings is 1. The number of nitrogens with zero attached hydrogens (tertiary/aromatic N) is 2. The Hall–Kier alpha value is -2.56. The van der Waals surface area contributed by atoms with Crippen molar-refractivity contribution < 1.29 is 9.90 Å². The number of carbonyl (C=O) groups is 1. The Morgan fingerprint density at radius 1 is 1.38 bits per heavy atom. The number of carbonyl (C=O) groups excluding carboxylic acids is 1. The van der Waals surface area contributed by atoms with E-state index in [1.165, 1.54) is 6.07 Å². The summed E-state index contributed by atoms with van der Waals surface area (Å²) in [5, 5.41) is 9.67. The van der Waals surface area contributed by atoms with Crippen molar-refractivity contribution in [2.45, 2.75) is 18.9 Å².